The summed E-state index contributed by atoms with van der Waals surface area (Å²) in [7, 11) is 3.01. The summed E-state index contributed by atoms with van der Waals surface area (Å²) in [5.41, 5.74) is 2.65. The number of piperazine rings is 1. The summed E-state index contributed by atoms with van der Waals surface area (Å²) < 4.78 is 42.9. The number of carbonyl (C=O) groups excluding carboxylic acids is 2. The van der Waals surface area contributed by atoms with E-state index in [0.29, 0.717) is 90.7 Å². The maximum atomic E-state index is 16.6. The first kappa shape index (κ1) is 32.7. The SMILES string of the molecule is COc1ccncc1-c1cc(C2=CCCN(C(=O)CCn3ccnn3)C2)c(F)c2[nH]c(C(=O)N3CCN(c4ncc(F)cc4OC)CC3)cc12. The molecule has 15 heteroatoms. The normalized spacial score (nSPS) is 15.0. The lowest BCUT2D eigenvalue weighted by Crippen LogP contribution is -2.49. The van der Waals surface area contributed by atoms with Gasteiger partial charge in [-0.05, 0) is 35.8 Å². The van der Waals surface area contributed by atoms with Gasteiger partial charge < -0.3 is 29.2 Å². The highest BCUT2D eigenvalue weighted by Crippen LogP contribution is 2.40. The van der Waals surface area contributed by atoms with E-state index in [9.17, 15) is 14.0 Å². The number of carbonyl (C=O) groups is 2. The van der Waals surface area contributed by atoms with E-state index >= 15 is 4.39 Å². The molecule has 1 N–H and O–H groups in total. The fourth-order valence-corrected chi connectivity index (χ4v) is 6.56. The van der Waals surface area contributed by atoms with Crippen molar-refractivity contribution in [2.45, 2.75) is 19.4 Å². The van der Waals surface area contributed by atoms with Crippen LogP contribution in [0.2, 0.25) is 0 Å². The molecule has 4 aromatic heterocycles. The van der Waals surface area contributed by atoms with E-state index in [1.165, 1.54) is 13.2 Å². The number of amides is 2. The quantitative estimate of drug-likeness (QED) is 0.243. The number of H-pyrrole nitrogens is 1. The molecule has 1 aromatic carbocycles. The Hall–Kier alpha value is -5.86. The minimum Gasteiger partial charge on any atom is -0.496 e. The van der Waals surface area contributed by atoms with Crippen LogP contribution in [-0.2, 0) is 11.3 Å². The maximum Gasteiger partial charge on any atom is 0.270 e. The van der Waals surface area contributed by atoms with E-state index in [1.807, 2.05) is 11.0 Å². The van der Waals surface area contributed by atoms with Gasteiger partial charge in [-0.3, -0.25) is 19.3 Å². The third-order valence-corrected chi connectivity index (χ3v) is 9.14. The Morgan fingerprint density at radius 1 is 0.920 bits per heavy atom. The molecule has 258 valence electrons. The van der Waals surface area contributed by atoms with Crippen LogP contribution >= 0.6 is 0 Å². The number of anilines is 1. The van der Waals surface area contributed by atoms with Gasteiger partial charge in [-0.25, -0.2) is 13.8 Å². The Labute approximate surface area is 286 Å². The van der Waals surface area contributed by atoms with Gasteiger partial charge in [0.05, 0.1) is 38.7 Å². The van der Waals surface area contributed by atoms with E-state index in [2.05, 4.69) is 25.3 Å². The van der Waals surface area contributed by atoms with Crippen LogP contribution in [0.5, 0.6) is 11.5 Å². The van der Waals surface area contributed by atoms with Gasteiger partial charge in [0.25, 0.3) is 5.91 Å². The van der Waals surface area contributed by atoms with Crippen LogP contribution in [0.3, 0.4) is 0 Å². The number of aromatic nitrogens is 6. The second kappa shape index (κ2) is 13.9. The Morgan fingerprint density at radius 2 is 1.74 bits per heavy atom. The average Bonchev–Trinajstić information content (AvgIpc) is 3.85. The maximum absolute atomic E-state index is 16.6. The second-order valence-corrected chi connectivity index (χ2v) is 12.0. The number of hydrogen-bond donors (Lipinski definition) is 1. The van der Waals surface area contributed by atoms with Crippen molar-refractivity contribution in [3.63, 3.8) is 0 Å². The number of aromatic amines is 1. The predicted molar refractivity (Wildman–Crippen MR) is 181 cm³/mol. The highest BCUT2D eigenvalue weighted by molar-refractivity contribution is 6.05. The highest BCUT2D eigenvalue weighted by Gasteiger charge is 2.29. The molecule has 2 aliphatic rings. The van der Waals surface area contributed by atoms with Gasteiger partial charge in [0.2, 0.25) is 5.91 Å². The number of halogens is 2. The van der Waals surface area contributed by atoms with E-state index in [-0.39, 0.29) is 36.0 Å². The molecule has 2 aliphatic heterocycles. The summed E-state index contributed by atoms with van der Waals surface area (Å²) in [5.74, 6) is -0.0123. The third-order valence-electron chi connectivity index (χ3n) is 9.14. The fraction of sp³-hybridized carbons (Fsp3) is 0.314. The van der Waals surface area contributed by atoms with Crippen LogP contribution < -0.4 is 14.4 Å². The van der Waals surface area contributed by atoms with Crippen LogP contribution in [0.4, 0.5) is 14.6 Å². The summed E-state index contributed by atoms with van der Waals surface area (Å²) in [4.78, 5) is 44.0. The predicted octanol–water partition coefficient (Wildman–Crippen LogP) is 4.18. The molecule has 2 amide bonds. The van der Waals surface area contributed by atoms with Crippen LogP contribution in [-0.4, -0.2) is 105 Å². The zero-order chi connectivity index (χ0) is 34.8. The number of rotatable bonds is 9. The molecule has 6 heterocycles. The fourth-order valence-electron chi connectivity index (χ4n) is 6.56. The first-order valence-electron chi connectivity index (χ1n) is 16.2. The lowest BCUT2D eigenvalue weighted by Gasteiger charge is -2.35. The summed E-state index contributed by atoms with van der Waals surface area (Å²) >= 11 is 0. The molecule has 7 rings (SSSR count). The van der Waals surface area contributed by atoms with E-state index < -0.39 is 11.6 Å². The molecule has 50 heavy (non-hydrogen) atoms. The Kier molecular flexibility index (Phi) is 9.11. The van der Waals surface area contributed by atoms with Gasteiger partial charge in [-0.2, -0.15) is 0 Å². The molecule has 1 fully saturated rings. The molecule has 1 saturated heterocycles. The minimum absolute atomic E-state index is 0.0664. The number of hydrogen-bond acceptors (Lipinski definition) is 9. The monoisotopic (exact) mass is 683 g/mol. The molecule has 0 radical (unpaired) electrons. The Morgan fingerprint density at radius 3 is 2.50 bits per heavy atom. The molecule has 13 nitrogen and oxygen atoms in total. The van der Waals surface area contributed by atoms with E-state index in [1.54, 1.807) is 64.6 Å². The molecule has 0 saturated carbocycles. The van der Waals surface area contributed by atoms with Crippen molar-refractivity contribution in [2.24, 2.45) is 0 Å². The van der Waals surface area contributed by atoms with Crippen LogP contribution in [0.1, 0.15) is 28.9 Å². The number of fused-ring (bicyclic) bond motifs is 1. The molecular formula is C35H35F2N9O4. The van der Waals surface area contributed by atoms with Gasteiger partial charge in [0.15, 0.2) is 17.4 Å². The van der Waals surface area contributed by atoms with Crippen molar-refractivity contribution >= 4 is 34.1 Å². The van der Waals surface area contributed by atoms with Crippen molar-refractivity contribution in [3.8, 4) is 22.6 Å². The average molecular weight is 684 g/mol. The number of nitrogens with one attached hydrogen (secondary N) is 1. The lowest BCUT2D eigenvalue weighted by molar-refractivity contribution is -0.131. The third kappa shape index (κ3) is 6.33. The second-order valence-electron chi connectivity index (χ2n) is 12.0. The van der Waals surface area contributed by atoms with Crippen molar-refractivity contribution in [1.29, 1.82) is 0 Å². The summed E-state index contributed by atoms with van der Waals surface area (Å²) in [5, 5.41) is 8.21. The molecule has 0 aliphatic carbocycles. The molecule has 0 spiro atoms. The van der Waals surface area contributed by atoms with Crippen LogP contribution in [0.15, 0.2) is 61.3 Å². The largest absolute Gasteiger partial charge is 0.496 e. The first-order chi connectivity index (χ1) is 24.3. The summed E-state index contributed by atoms with van der Waals surface area (Å²) in [6, 6.07) is 6.42. The van der Waals surface area contributed by atoms with Crippen molar-refractivity contribution < 1.29 is 27.8 Å². The highest BCUT2D eigenvalue weighted by atomic mass is 19.1. The van der Waals surface area contributed by atoms with Gasteiger partial charge in [-0.1, -0.05) is 11.3 Å². The van der Waals surface area contributed by atoms with E-state index in [4.69, 9.17) is 9.47 Å². The first-order valence-corrected chi connectivity index (χ1v) is 16.2. The standard InChI is InChI=1S/C35H35F2N9O4/c1-49-29-5-7-38-20-27(29)25-17-24(22-4-3-9-45(21-22)31(47)6-10-46-11-8-40-42-46)32(37)33-26(25)18-28(41-33)35(48)44-14-12-43(13-15-44)34-30(50-2)16-23(36)19-39-34/h4-5,7-8,11,16-20,41H,3,6,9-10,12-15,21H2,1-2H3. The smallest absolute Gasteiger partial charge is 0.270 e. The Bertz CT molecular complexity index is 2070. The summed E-state index contributed by atoms with van der Waals surface area (Å²) in [6.07, 6.45) is 10.4. The van der Waals surface area contributed by atoms with Gasteiger partial charge >= 0.3 is 0 Å². The molecule has 0 unspecified atom stereocenters. The van der Waals surface area contributed by atoms with Crippen LogP contribution in [0.25, 0.3) is 27.6 Å². The zero-order valence-electron chi connectivity index (χ0n) is 27.6. The molecule has 0 bridgehead atoms. The van der Waals surface area contributed by atoms with Crippen molar-refractivity contribution in [1.82, 2.24) is 39.7 Å². The van der Waals surface area contributed by atoms with Crippen molar-refractivity contribution in [3.05, 3.63) is 84.2 Å². The summed E-state index contributed by atoms with van der Waals surface area (Å²) in [6.45, 7) is 2.76. The number of ether oxygens (including phenoxy) is 2. The van der Waals surface area contributed by atoms with E-state index in [0.717, 1.165) is 6.20 Å². The van der Waals surface area contributed by atoms with Gasteiger partial charge in [0.1, 0.15) is 17.3 Å². The number of benzene rings is 1. The zero-order valence-corrected chi connectivity index (χ0v) is 27.6. The minimum atomic E-state index is -0.520. The number of nitrogens with zero attached hydrogens (tertiary/aromatic N) is 8. The topological polar surface area (TPSA) is 135 Å². The molecule has 5 aromatic rings. The number of methoxy groups -OCH3 is 2. The number of pyridine rings is 2. The van der Waals surface area contributed by atoms with Gasteiger partial charge in [-0.15, -0.1) is 5.10 Å². The number of aryl methyl sites for hydroxylation is 1. The lowest BCUT2D eigenvalue weighted by atomic mass is 9.93. The Balaban J connectivity index is 1.18. The van der Waals surface area contributed by atoms with Crippen molar-refractivity contribution in [2.75, 3.05) is 58.4 Å². The molecule has 0 atom stereocenters. The van der Waals surface area contributed by atoms with Gasteiger partial charge in [0, 0.05) is 86.9 Å². The molecular weight excluding hydrogens is 648 g/mol. The van der Waals surface area contributed by atoms with Crippen LogP contribution in [0, 0.1) is 11.6 Å².